The Hall–Kier alpha value is -0.910. The molecule has 142 valence electrons. The molecule has 0 aromatic carbocycles. The highest BCUT2D eigenvalue weighted by Gasteiger charge is 2.70. The van der Waals surface area contributed by atoms with E-state index >= 15 is 0 Å². The molecule has 4 aliphatic rings. The molecule has 2 N–H and O–H groups in total. The quantitative estimate of drug-likeness (QED) is 0.615. The van der Waals surface area contributed by atoms with Crippen LogP contribution in [0, 0.1) is 34.5 Å². The van der Waals surface area contributed by atoms with Gasteiger partial charge in [-0.3, -0.25) is 9.59 Å². The van der Waals surface area contributed by atoms with E-state index in [-0.39, 0.29) is 34.9 Å². The summed E-state index contributed by atoms with van der Waals surface area (Å²) in [5.74, 6) is 0.232. The summed E-state index contributed by atoms with van der Waals surface area (Å²) in [7, 11) is 0. The number of fused-ring (bicyclic) bond motifs is 5. The molecule has 4 rings (SSSR count). The van der Waals surface area contributed by atoms with Crippen molar-refractivity contribution in [1.82, 2.24) is 0 Å². The highest BCUT2D eigenvalue weighted by Crippen LogP contribution is 2.68. The van der Waals surface area contributed by atoms with Gasteiger partial charge in [0.25, 0.3) is 0 Å². The van der Waals surface area contributed by atoms with Crippen molar-refractivity contribution in [1.29, 1.82) is 0 Å². The fourth-order valence-electron chi connectivity index (χ4n) is 7.12. The van der Waals surface area contributed by atoms with E-state index in [2.05, 4.69) is 19.6 Å². The SMILES string of the molecule is C[C@H]1C[C@H]2[C@@H]3CCC4=CC(=O)C=C[C@]4(C)[C@H]3[C@@H](O)C[C@]2(C)[C@@]1(O)C(=O)S. The van der Waals surface area contributed by atoms with Gasteiger partial charge in [0.15, 0.2) is 5.78 Å². The molecule has 4 nitrogen and oxygen atoms in total. The molecule has 5 heteroatoms. The third-order valence-corrected chi connectivity index (χ3v) is 8.74. The average molecular weight is 377 g/mol. The van der Waals surface area contributed by atoms with Crippen LogP contribution in [-0.4, -0.2) is 32.8 Å². The van der Waals surface area contributed by atoms with Crippen LogP contribution in [0.2, 0.25) is 0 Å². The minimum atomic E-state index is -1.50. The maximum Gasteiger partial charge on any atom is 0.218 e. The van der Waals surface area contributed by atoms with Gasteiger partial charge in [-0.05, 0) is 55.6 Å². The monoisotopic (exact) mass is 376 g/mol. The zero-order chi connectivity index (χ0) is 19.1. The lowest BCUT2D eigenvalue weighted by molar-refractivity contribution is -0.174. The van der Waals surface area contributed by atoms with E-state index in [4.69, 9.17) is 0 Å². The number of ketones is 1. The predicted octanol–water partition coefficient (Wildman–Crippen LogP) is 2.70. The van der Waals surface area contributed by atoms with Crippen LogP contribution in [0.4, 0.5) is 0 Å². The highest BCUT2D eigenvalue weighted by molar-refractivity contribution is 7.96. The molecule has 3 saturated carbocycles. The third-order valence-electron chi connectivity index (χ3n) is 8.40. The molecular formula is C21H28O4S. The Morgan fingerprint density at radius 2 is 2.04 bits per heavy atom. The van der Waals surface area contributed by atoms with E-state index in [0.717, 1.165) is 24.8 Å². The number of rotatable bonds is 1. The summed E-state index contributed by atoms with van der Waals surface area (Å²) in [6.07, 6.45) is 7.57. The zero-order valence-electron chi connectivity index (χ0n) is 15.6. The Morgan fingerprint density at radius 1 is 1.35 bits per heavy atom. The zero-order valence-corrected chi connectivity index (χ0v) is 16.5. The molecule has 0 amide bonds. The number of aliphatic hydroxyl groups excluding tert-OH is 1. The van der Waals surface area contributed by atoms with Gasteiger partial charge < -0.3 is 10.2 Å². The Kier molecular flexibility index (Phi) is 3.94. The molecule has 4 aliphatic carbocycles. The van der Waals surface area contributed by atoms with Crippen molar-refractivity contribution >= 4 is 23.5 Å². The second-order valence-corrected chi connectivity index (χ2v) is 9.83. The number of hydrogen-bond acceptors (Lipinski definition) is 4. The molecule has 0 bridgehead atoms. The Morgan fingerprint density at radius 3 is 2.69 bits per heavy atom. The molecule has 0 aliphatic heterocycles. The standard InChI is InChI=1S/C21H28O4S/c1-11-8-15-14-5-4-12-9-13(22)6-7-19(12,2)17(14)16(23)10-20(15,3)21(11,25)18(24)26/h6-7,9,11,14-17,23,25H,4-5,8,10H2,1-3H3,(H,24,26)/t11-,14-,15-,16-,17+,19-,20-,21-/m0/s1. The molecule has 3 fully saturated rings. The van der Waals surface area contributed by atoms with Crippen molar-refractivity contribution in [2.75, 3.05) is 0 Å². The summed E-state index contributed by atoms with van der Waals surface area (Å²) in [5.41, 5.74) is -1.38. The minimum Gasteiger partial charge on any atom is -0.393 e. The van der Waals surface area contributed by atoms with Crippen molar-refractivity contribution in [3.63, 3.8) is 0 Å². The maximum atomic E-state index is 12.3. The molecule has 0 aromatic rings. The van der Waals surface area contributed by atoms with Gasteiger partial charge in [-0.25, -0.2) is 0 Å². The van der Waals surface area contributed by atoms with Crippen LogP contribution in [0.15, 0.2) is 23.8 Å². The Labute approximate surface area is 160 Å². The van der Waals surface area contributed by atoms with Crippen LogP contribution in [0.3, 0.4) is 0 Å². The van der Waals surface area contributed by atoms with Crippen LogP contribution in [-0.2, 0) is 9.59 Å². The number of allylic oxidation sites excluding steroid dienone is 4. The summed E-state index contributed by atoms with van der Waals surface area (Å²) in [6, 6.07) is 0. The molecule has 0 unspecified atom stereocenters. The lowest BCUT2D eigenvalue weighted by atomic mass is 9.46. The van der Waals surface area contributed by atoms with E-state index in [0.29, 0.717) is 6.42 Å². The normalized spacial score (nSPS) is 52.8. The number of hydrogen-bond donors (Lipinski definition) is 3. The molecule has 0 aromatic heterocycles. The van der Waals surface area contributed by atoms with Crippen molar-refractivity contribution in [3.05, 3.63) is 23.8 Å². The lowest BCUT2D eigenvalue weighted by Gasteiger charge is -2.59. The average Bonchev–Trinajstić information content (AvgIpc) is 2.76. The van der Waals surface area contributed by atoms with E-state index in [1.807, 2.05) is 19.9 Å². The van der Waals surface area contributed by atoms with Crippen LogP contribution in [0.1, 0.15) is 46.5 Å². The second kappa shape index (κ2) is 5.55. The van der Waals surface area contributed by atoms with Crippen molar-refractivity contribution in [2.24, 2.45) is 34.5 Å². The number of carbonyl (C=O) groups is 2. The second-order valence-electron chi connectivity index (χ2n) is 9.42. The first-order valence-electron chi connectivity index (χ1n) is 9.64. The first kappa shape index (κ1) is 18.5. The summed E-state index contributed by atoms with van der Waals surface area (Å²) < 4.78 is 0. The summed E-state index contributed by atoms with van der Waals surface area (Å²) in [4.78, 5) is 24.1. The summed E-state index contributed by atoms with van der Waals surface area (Å²) in [5, 5.41) is 22.0. The van der Waals surface area contributed by atoms with Gasteiger partial charge in [0.1, 0.15) is 5.60 Å². The first-order chi connectivity index (χ1) is 12.1. The topological polar surface area (TPSA) is 74.6 Å². The van der Waals surface area contributed by atoms with Crippen LogP contribution in [0.5, 0.6) is 0 Å². The van der Waals surface area contributed by atoms with Gasteiger partial charge in [-0.2, -0.15) is 0 Å². The van der Waals surface area contributed by atoms with Gasteiger partial charge in [-0.1, -0.05) is 32.4 Å². The molecular weight excluding hydrogens is 348 g/mol. The van der Waals surface area contributed by atoms with Crippen molar-refractivity contribution in [3.8, 4) is 0 Å². The van der Waals surface area contributed by atoms with E-state index in [9.17, 15) is 19.8 Å². The fraction of sp³-hybridized carbons (Fsp3) is 0.714. The van der Waals surface area contributed by atoms with Gasteiger partial charge in [-0.15, -0.1) is 12.6 Å². The minimum absolute atomic E-state index is 0.00879. The molecule has 8 atom stereocenters. The van der Waals surface area contributed by atoms with E-state index in [1.54, 1.807) is 12.2 Å². The largest absolute Gasteiger partial charge is 0.393 e. The summed E-state index contributed by atoms with van der Waals surface area (Å²) >= 11 is 4.03. The van der Waals surface area contributed by atoms with E-state index < -0.39 is 22.2 Å². The maximum absolute atomic E-state index is 12.3. The molecule has 0 radical (unpaired) electrons. The predicted molar refractivity (Wildman–Crippen MR) is 101 cm³/mol. The van der Waals surface area contributed by atoms with Gasteiger partial charge in [0.05, 0.1) is 6.10 Å². The van der Waals surface area contributed by atoms with Crippen molar-refractivity contribution in [2.45, 2.75) is 58.2 Å². The van der Waals surface area contributed by atoms with Gasteiger partial charge in [0.2, 0.25) is 5.12 Å². The molecule has 0 spiro atoms. The van der Waals surface area contributed by atoms with Gasteiger partial charge in [0, 0.05) is 16.7 Å². The Balaban J connectivity index is 1.79. The van der Waals surface area contributed by atoms with Crippen LogP contribution in [0.25, 0.3) is 0 Å². The Bertz CT molecular complexity index is 742. The van der Waals surface area contributed by atoms with E-state index in [1.165, 1.54) is 0 Å². The number of thiol groups is 1. The number of carbonyl (C=O) groups excluding carboxylic acids is 2. The van der Waals surface area contributed by atoms with Crippen LogP contribution >= 0.6 is 12.6 Å². The van der Waals surface area contributed by atoms with Crippen LogP contribution < -0.4 is 0 Å². The lowest BCUT2D eigenvalue weighted by Crippen LogP contribution is -2.61. The molecule has 0 heterocycles. The van der Waals surface area contributed by atoms with Gasteiger partial charge >= 0.3 is 0 Å². The molecule has 26 heavy (non-hydrogen) atoms. The molecule has 0 saturated heterocycles. The first-order valence-corrected chi connectivity index (χ1v) is 10.1. The number of aliphatic hydroxyl groups is 2. The third kappa shape index (κ3) is 2.05. The van der Waals surface area contributed by atoms with Crippen molar-refractivity contribution < 1.29 is 19.8 Å². The fourth-order valence-corrected chi connectivity index (χ4v) is 7.59. The highest BCUT2D eigenvalue weighted by atomic mass is 32.1. The summed E-state index contributed by atoms with van der Waals surface area (Å²) in [6.45, 7) is 6.01. The smallest absolute Gasteiger partial charge is 0.218 e.